The maximum absolute atomic E-state index is 13.1. The highest BCUT2D eigenvalue weighted by molar-refractivity contribution is 5.93. The molecule has 134 valence electrons. The molecule has 1 aromatic carbocycles. The Labute approximate surface area is 135 Å². The molecular formula is C16H17F5O3. The molecule has 0 amide bonds. The zero-order valence-electron chi connectivity index (χ0n) is 13.0. The van der Waals surface area contributed by atoms with Crippen molar-refractivity contribution in [3.63, 3.8) is 0 Å². The van der Waals surface area contributed by atoms with Gasteiger partial charge in [-0.05, 0) is 55.9 Å². The van der Waals surface area contributed by atoms with Crippen LogP contribution in [0.15, 0.2) is 12.1 Å². The number of hydrogen-bond donors (Lipinski definition) is 0. The zero-order valence-corrected chi connectivity index (χ0v) is 13.0. The van der Waals surface area contributed by atoms with E-state index in [4.69, 9.17) is 9.47 Å². The standard InChI is InChI=1S/C16H17F5O3/c1-2-23-14(22)12-7-10-5-3-4-6-11(10)8-13(12)24-9-15(17,18)16(19,20)21/h7-8H,2-6,9H2,1H3. The second-order valence-corrected chi connectivity index (χ2v) is 5.54. The van der Waals surface area contributed by atoms with Gasteiger partial charge in [0.15, 0.2) is 6.61 Å². The molecule has 0 saturated carbocycles. The highest BCUT2D eigenvalue weighted by Crippen LogP contribution is 2.37. The van der Waals surface area contributed by atoms with Crippen molar-refractivity contribution in [3.05, 3.63) is 28.8 Å². The Morgan fingerprint density at radius 2 is 1.67 bits per heavy atom. The molecule has 0 unspecified atom stereocenters. The molecule has 1 aromatic rings. The van der Waals surface area contributed by atoms with Crippen molar-refractivity contribution in [3.8, 4) is 5.75 Å². The molecule has 0 saturated heterocycles. The van der Waals surface area contributed by atoms with Gasteiger partial charge in [-0.1, -0.05) is 0 Å². The minimum absolute atomic E-state index is 0.0497. The van der Waals surface area contributed by atoms with Gasteiger partial charge in [0.05, 0.1) is 6.61 Å². The number of fused-ring (bicyclic) bond motifs is 1. The van der Waals surface area contributed by atoms with Crippen LogP contribution < -0.4 is 4.74 Å². The van der Waals surface area contributed by atoms with Crippen molar-refractivity contribution < 1.29 is 36.2 Å². The number of esters is 1. The van der Waals surface area contributed by atoms with Crippen LogP contribution in [-0.2, 0) is 17.6 Å². The van der Waals surface area contributed by atoms with Crippen molar-refractivity contribution in [2.24, 2.45) is 0 Å². The average Bonchev–Trinajstić information content (AvgIpc) is 2.51. The lowest BCUT2D eigenvalue weighted by molar-refractivity contribution is -0.290. The number of rotatable bonds is 5. The molecule has 1 aliphatic rings. The van der Waals surface area contributed by atoms with E-state index in [1.165, 1.54) is 12.1 Å². The van der Waals surface area contributed by atoms with E-state index < -0.39 is 24.7 Å². The molecule has 8 heteroatoms. The largest absolute Gasteiger partial charge is 0.486 e. The lowest BCUT2D eigenvalue weighted by atomic mass is 9.90. The van der Waals surface area contributed by atoms with Gasteiger partial charge in [0, 0.05) is 0 Å². The summed E-state index contributed by atoms with van der Waals surface area (Å²) in [5.74, 6) is -6.12. The van der Waals surface area contributed by atoms with E-state index in [9.17, 15) is 26.7 Å². The molecule has 2 rings (SSSR count). The van der Waals surface area contributed by atoms with E-state index >= 15 is 0 Å². The predicted octanol–water partition coefficient (Wildman–Crippen LogP) is 4.32. The Hall–Kier alpha value is -1.86. The summed E-state index contributed by atoms with van der Waals surface area (Å²) >= 11 is 0. The molecule has 0 aromatic heterocycles. The number of alkyl halides is 5. The molecule has 0 spiro atoms. The molecule has 0 bridgehead atoms. The molecule has 0 fully saturated rings. The molecule has 1 aliphatic carbocycles. The van der Waals surface area contributed by atoms with E-state index in [1.807, 2.05) is 0 Å². The number of carbonyl (C=O) groups excluding carboxylic acids is 1. The summed E-state index contributed by atoms with van der Waals surface area (Å²) in [4.78, 5) is 12.0. The monoisotopic (exact) mass is 352 g/mol. The van der Waals surface area contributed by atoms with Gasteiger partial charge in [0.1, 0.15) is 11.3 Å². The van der Waals surface area contributed by atoms with Gasteiger partial charge in [0.25, 0.3) is 0 Å². The van der Waals surface area contributed by atoms with Crippen LogP contribution in [0, 0.1) is 0 Å². The Balaban J connectivity index is 2.31. The lowest BCUT2D eigenvalue weighted by Crippen LogP contribution is -2.42. The molecule has 0 N–H and O–H groups in total. The van der Waals surface area contributed by atoms with Gasteiger partial charge < -0.3 is 9.47 Å². The summed E-state index contributed by atoms with van der Waals surface area (Å²) in [7, 11) is 0. The average molecular weight is 352 g/mol. The number of carbonyl (C=O) groups is 1. The first-order chi connectivity index (χ1) is 11.2. The van der Waals surface area contributed by atoms with Gasteiger partial charge in [-0.25, -0.2) is 4.79 Å². The van der Waals surface area contributed by atoms with Crippen LogP contribution in [0.4, 0.5) is 22.0 Å². The van der Waals surface area contributed by atoms with Crippen LogP contribution in [0.1, 0.15) is 41.3 Å². The van der Waals surface area contributed by atoms with Crippen molar-refractivity contribution >= 4 is 5.97 Å². The minimum atomic E-state index is -5.72. The number of aryl methyl sites for hydroxylation is 2. The van der Waals surface area contributed by atoms with E-state index in [-0.39, 0.29) is 17.9 Å². The van der Waals surface area contributed by atoms with Gasteiger partial charge in [-0.3, -0.25) is 0 Å². The molecule has 0 heterocycles. The smallest absolute Gasteiger partial charge is 0.456 e. The Bertz CT molecular complexity index is 610. The number of halogens is 5. The summed E-state index contributed by atoms with van der Waals surface area (Å²) in [6.07, 6.45) is -2.55. The number of benzene rings is 1. The first kappa shape index (κ1) is 18.5. The normalized spacial score (nSPS) is 14.9. The van der Waals surface area contributed by atoms with Crippen LogP contribution in [0.3, 0.4) is 0 Å². The minimum Gasteiger partial charge on any atom is -0.486 e. The maximum Gasteiger partial charge on any atom is 0.456 e. The van der Waals surface area contributed by atoms with Crippen molar-refractivity contribution in [2.75, 3.05) is 13.2 Å². The molecule has 0 radical (unpaired) electrons. The van der Waals surface area contributed by atoms with Crippen LogP contribution in [0.25, 0.3) is 0 Å². The third-order valence-electron chi connectivity index (χ3n) is 3.76. The second kappa shape index (κ2) is 6.94. The third-order valence-corrected chi connectivity index (χ3v) is 3.76. The SMILES string of the molecule is CCOC(=O)c1cc2c(cc1OCC(F)(F)C(F)(F)F)CCCC2. The van der Waals surface area contributed by atoms with Crippen LogP contribution >= 0.6 is 0 Å². The fourth-order valence-electron chi connectivity index (χ4n) is 2.50. The second-order valence-electron chi connectivity index (χ2n) is 5.54. The number of ether oxygens (including phenoxy) is 2. The van der Waals surface area contributed by atoms with Gasteiger partial charge in [-0.2, -0.15) is 22.0 Å². The molecule has 3 nitrogen and oxygen atoms in total. The summed E-state index contributed by atoms with van der Waals surface area (Å²) < 4.78 is 72.5. The first-order valence-electron chi connectivity index (χ1n) is 7.56. The lowest BCUT2D eigenvalue weighted by Gasteiger charge is -2.22. The van der Waals surface area contributed by atoms with Crippen molar-refractivity contribution in [1.29, 1.82) is 0 Å². The van der Waals surface area contributed by atoms with E-state index in [1.54, 1.807) is 6.92 Å². The zero-order chi connectivity index (χ0) is 18.0. The third kappa shape index (κ3) is 3.96. The topological polar surface area (TPSA) is 35.5 Å². The first-order valence-corrected chi connectivity index (χ1v) is 7.56. The van der Waals surface area contributed by atoms with Crippen LogP contribution in [0.5, 0.6) is 5.75 Å². The summed E-state index contributed by atoms with van der Waals surface area (Å²) in [6, 6.07) is 2.83. The number of hydrogen-bond acceptors (Lipinski definition) is 3. The highest BCUT2D eigenvalue weighted by atomic mass is 19.4. The highest BCUT2D eigenvalue weighted by Gasteiger charge is 2.58. The Morgan fingerprint density at radius 1 is 1.08 bits per heavy atom. The van der Waals surface area contributed by atoms with Gasteiger partial charge >= 0.3 is 18.1 Å². The molecule has 0 atom stereocenters. The van der Waals surface area contributed by atoms with Crippen LogP contribution in [-0.4, -0.2) is 31.3 Å². The Morgan fingerprint density at radius 3 is 2.21 bits per heavy atom. The Kier molecular flexibility index (Phi) is 5.35. The summed E-state index contributed by atoms with van der Waals surface area (Å²) in [6.45, 7) is -0.273. The van der Waals surface area contributed by atoms with E-state index in [2.05, 4.69) is 0 Å². The van der Waals surface area contributed by atoms with E-state index in [0.717, 1.165) is 24.0 Å². The van der Waals surface area contributed by atoms with Crippen molar-refractivity contribution in [2.45, 2.75) is 44.7 Å². The molecule has 24 heavy (non-hydrogen) atoms. The maximum atomic E-state index is 13.1. The summed E-state index contributed by atoms with van der Waals surface area (Å²) in [5.41, 5.74) is 1.52. The quantitative estimate of drug-likeness (QED) is 0.585. The van der Waals surface area contributed by atoms with Crippen LogP contribution in [0.2, 0.25) is 0 Å². The summed E-state index contributed by atoms with van der Waals surface area (Å²) in [5, 5.41) is 0. The van der Waals surface area contributed by atoms with Crippen molar-refractivity contribution in [1.82, 2.24) is 0 Å². The van der Waals surface area contributed by atoms with E-state index in [0.29, 0.717) is 12.8 Å². The molecule has 0 aliphatic heterocycles. The molecular weight excluding hydrogens is 335 g/mol. The van der Waals surface area contributed by atoms with Gasteiger partial charge in [-0.15, -0.1) is 0 Å². The van der Waals surface area contributed by atoms with Gasteiger partial charge in [0.2, 0.25) is 0 Å². The predicted molar refractivity (Wildman–Crippen MR) is 75.5 cm³/mol. The fourth-order valence-corrected chi connectivity index (χ4v) is 2.50. The fraction of sp³-hybridized carbons (Fsp3) is 0.562.